The number of azide groups is 1. The summed E-state index contributed by atoms with van der Waals surface area (Å²) in [6, 6.07) is 6.59. The summed E-state index contributed by atoms with van der Waals surface area (Å²) < 4.78 is 4.55. The molecule has 2 unspecified atom stereocenters. The SMILES string of the molecule is COC(=O)Cc1cccc(C(O)C(O)CN=[N+]=[N-])c1. The van der Waals surface area contributed by atoms with E-state index >= 15 is 0 Å². The first-order valence-electron chi connectivity index (χ1n) is 5.61. The molecule has 0 aliphatic rings. The summed E-state index contributed by atoms with van der Waals surface area (Å²) in [4.78, 5) is 13.7. The first kappa shape index (κ1) is 15.0. The Kier molecular flexibility index (Phi) is 5.81. The van der Waals surface area contributed by atoms with Crippen LogP contribution in [0.5, 0.6) is 0 Å². The molecule has 7 nitrogen and oxygen atoms in total. The Morgan fingerprint density at radius 1 is 1.53 bits per heavy atom. The highest BCUT2D eigenvalue weighted by molar-refractivity contribution is 5.72. The van der Waals surface area contributed by atoms with E-state index in [0.29, 0.717) is 11.1 Å². The molecule has 0 saturated carbocycles. The minimum Gasteiger partial charge on any atom is -0.469 e. The van der Waals surface area contributed by atoms with E-state index in [1.165, 1.54) is 7.11 Å². The van der Waals surface area contributed by atoms with Crippen LogP contribution in [-0.2, 0) is 16.0 Å². The van der Waals surface area contributed by atoms with Gasteiger partial charge in [0.2, 0.25) is 0 Å². The van der Waals surface area contributed by atoms with Gasteiger partial charge in [-0.1, -0.05) is 29.4 Å². The number of hydrogen-bond acceptors (Lipinski definition) is 5. The standard InChI is InChI=1S/C12H15N3O4/c1-19-11(17)6-8-3-2-4-9(5-8)12(18)10(16)7-14-15-13/h2-5,10,12,16,18H,6-7H2,1H3. The maximum Gasteiger partial charge on any atom is 0.309 e. The maximum absolute atomic E-state index is 11.1. The minimum atomic E-state index is -1.19. The zero-order chi connectivity index (χ0) is 14.3. The van der Waals surface area contributed by atoms with Crippen molar-refractivity contribution in [2.75, 3.05) is 13.7 Å². The number of esters is 1. The van der Waals surface area contributed by atoms with E-state index in [2.05, 4.69) is 14.8 Å². The van der Waals surface area contributed by atoms with Gasteiger partial charge in [-0.3, -0.25) is 4.79 Å². The van der Waals surface area contributed by atoms with E-state index in [4.69, 9.17) is 5.53 Å². The van der Waals surface area contributed by atoms with Gasteiger partial charge >= 0.3 is 5.97 Å². The Balaban J connectivity index is 2.80. The van der Waals surface area contributed by atoms with Crippen molar-refractivity contribution in [2.24, 2.45) is 5.11 Å². The zero-order valence-electron chi connectivity index (χ0n) is 10.4. The number of hydrogen-bond donors (Lipinski definition) is 2. The van der Waals surface area contributed by atoms with Crippen LogP contribution in [0.4, 0.5) is 0 Å². The second-order valence-corrected chi connectivity index (χ2v) is 3.92. The molecule has 0 spiro atoms. The van der Waals surface area contributed by atoms with Gasteiger partial charge in [-0.05, 0) is 16.7 Å². The van der Waals surface area contributed by atoms with Crippen LogP contribution < -0.4 is 0 Å². The average molecular weight is 265 g/mol. The lowest BCUT2D eigenvalue weighted by Gasteiger charge is -2.16. The first-order valence-corrected chi connectivity index (χ1v) is 5.61. The molecular formula is C12H15N3O4. The Hall–Kier alpha value is -2.08. The number of methoxy groups -OCH3 is 1. The van der Waals surface area contributed by atoms with Crippen LogP contribution in [-0.4, -0.2) is 35.9 Å². The van der Waals surface area contributed by atoms with Crippen LogP contribution in [0.3, 0.4) is 0 Å². The summed E-state index contributed by atoms with van der Waals surface area (Å²) in [6.45, 7) is -0.223. The summed E-state index contributed by atoms with van der Waals surface area (Å²) in [5.41, 5.74) is 9.26. The predicted molar refractivity (Wildman–Crippen MR) is 67.1 cm³/mol. The molecule has 0 fully saturated rings. The van der Waals surface area contributed by atoms with Gasteiger partial charge in [0.25, 0.3) is 0 Å². The fraction of sp³-hybridized carbons (Fsp3) is 0.417. The highest BCUT2D eigenvalue weighted by Gasteiger charge is 2.18. The Bertz CT molecular complexity index is 486. The van der Waals surface area contributed by atoms with Gasteiger partial charge in [0.15, 0.2) is 0 Å². The molecule has 0 amide bonds. The second-order valence-electron chi connectivity index (χ2n) is 3.92. The van der Waals surface area contributed by atoms with Gasteiger partial charge in [-0.25, -0.2) is 0 Å². The third kappa shape index (κ3) is 4.59. The van der Waals surface area contributed by atoms with Crippen LogP contribution >= 0.6 is 0 Å². The molecule has 0 aromatic heterocycles. The van der Waals surface area contributed by atoms with Gasteiger partial charge in [0.1, 0.15) is 6.10 Å². The van der Waals surface area contributed by atoms with Crippen molar-refractivity contribution < 1.29 is 19.7 Å². The zero-order valence-corrected chi connectivity index (χ0v) is 10.4. The van der Waals surface area contributed by atoms with Crippen molar-refractivity contribution in [1.29, 1.82) is 0 Å². The van der Waals surface area contributed by atoms with Gasteiger partial charge in [-0.2, -0.15) is 0 Å². The van der Waals surface area contributed by atoms with Crippen LogP contribution in [0.2, 0.25) is 0 Å². The molecule has 19 heavy (non-hydrogen) atoms. The molecule has 0 heterocycles. The summed E-state index contributed by atoms with van der Waals surface area (Å²) in [5, 5.41) is 22.7. The van der Waals surface area contributed by atoms with Gasteiger partial charge in [0, 0.05) is 4.91 Å². The van der Waals surface area contributed by atoms with Crippen LogP contribution in [0.25, 0.3) is 10.4 Å². The monoisotopic (exact) mass is 265 g/mol. The molecule has 0 saturated heterocycles. The van der Waals surface area contributed by atoms with E-state index < -0.39 is 12.2 Å². The van der Waals surface area contributed by atoms with Crippen molar-refractivity contribution in [2.45, 2.75) is 18.6 Å². The lowest BCUT2D eigenvalue weighted by Crippen LogP contribution is -2.21. The molecule has 1 aromatic rings. The first-order chi connectivity index (χ1) is 9.08. The van der Waals surface area contributed by atoms with Crippen molar-refractivity contribution in [3.63, 3.8) is 0 Å². The molecule has 0 aliphatic heterocycles. The summed E-state index contributed by atoms with van der Waals surface area (Å²) in [7, 11) is 1.30. The molecule has 0 aliphatic carbocycles. The summed E-state index contributed by atoms with van der Waals surface area (Å²) >= 11 is 0. The number of benzene rings is 1. The molecule has 7 heteroatoms. The molecule has 1 aromatic carbocycles. The van der Waals surface area contributed by atoms with Crippen LogP contribution in [0.15, 0.2) is 29.4 Å². The van der Waals surface area contributed by atoms with E-state index in [1.807, 2.05) is 0 Å². The smallest absolute Gasteiger partial charge is 0.309 e. The second kappa shape index (κ2) is 7.38. The van der Waals surface area contributed by atoms with Crippen LogP contribution in [0.1, 0.15) is 17.2 Å². The average Bonchev–Trinajstić information content (AvgIpc) is 2.44. The quantitative estimate of drug-likeness (QED) is 0.347. The third-order valence-electron chi connectivity index (χ3n) is 2.57. The normalized spacial score (nSPS) is 13.2. The highest BCUT2D eigenvalue weighted by Crippen LogP contribution is 2.19. The number of rotatable bonds is 6. The molecule has 102 valence electrons. The lowest BCUT2D eigenvalue weighted by molar-refractivity contribution is -0.139. The predicted octanol–water partition coefficient (Wildman–Crippen LogP) is 1.11. The molecule has 0 bridgehead atoms. The van der Waals surface area contributed by atoms with Gasteiger partial charge in [0.05, 0.1) is 26.2 Å². The molecule has 0 radical (unpaired) electrons. The molecule has 2 N–H and O–H groups in total. The number of carbonyl (C=O) groups is 1. The highest BCUT2D eigenvalue weighted by atomic mass is 16.5. The summed E-state index contributed by atoms with van der Waals surface area (Å²) in [5.74, 6) is -0.388. The van der Waals surface area contributed by atoms with E-state index in [9.17, 15) is 15.0 Å². The van der Waals surface area contributed by atoms with Gasteiger partial charge in [-0.15, -0.1) is 0 Å². The number of carbonyl (C=O) groups excluding carboxylic acids is 1. The number of nitrogens with zero attached hydrogens (tertiary/aromatic N) is 3. The number of aliphatic hydroxyl groups is 2. The third-order valence-corrected chi connectivity index (χ3v) is 2.57. The van der Waals surface area contributed by atoms with Gasteiger partial charge < -0.3 is 14.9 Å². The number of aliphatic hydroxyl groups excluding tert-OH is 2. The summed E-state index contributed by atoms with van der Waals surface area (Å²) in [6.07, 6.45) is -2.28. The maximum atomic E-state index is 11.1. The fourth-order valence-electron chi connectivity index (χ4n) is 1.57. The Labute approximate surface area is 110 Å². The Morgan fingerprint density at radius 2 is 2.26 bits per heavy atom. The lowest BCUT2D eigenvalue weighted by atomic mass is 10.0. The van der Waals surface area contributed by atoms with Crippen molar-refractivity contribution >= 4 is 5.97 Å². The van der Waals surface area contributed by atoms with E-state index in [0.717, 1.165) is 0 Å². The van der Waals surface area contributed by atoms with E-state index in [-0.39, 0.29) is 18.9 Å². The van der Waals surface area contributed by atoms with Crippen molar-refractivity contribution in [3.8, 4) is 0 Å². The molecule has 1 rings (SSSR count). The number of ether oxygens (including phenoxy) is 1. The van der Waals surface area contributed by atoms with Crippen LogP contribution in [0, 0.1) is 0 Å². The minimum absolute atomic E-state index is 0.0868. The van der Waals surface area contributed by atoms with Crippen molar-refractivity contribution in [3.05, 3.63) is 45.8 Å². The van der Waals surface area contributed by atoms with E-state index in [1.54, 1.807) is 24.3 Å². The Morgan fingerprint density at radius 3 is 2.89 bits per heavy atom. The topological polar surface area (TPSA) is 116 Å². The molecule has 2 atom stereocenters. The fourth-order valence-corrected chi connectivity index (χ4v) is 1.57. The largest absolute Gasteiger partial charge is 0.469 e. The van der Waals surface area contributed by atoms with Crippen molar-refractivity contribution in [1.82, 2.24) is 0 Å². The molecular weight excluding hydrogens is 250 g/mol.